The van der Waals surface area contributed by atoms with Gasteiger partial charge in [-0.15, -0.1) is 0 Å². The van der Waals surface area contributed by atoms with Crippen molar-refractivity contribution in [1.29, 1.82) is 0 Å². The molecule has 1 aliphatic rings. The minimum atomic E-state index is -0.180. The number of aromatic hydroxyl groups is 1. The molecule has 1 fully saturated rings. The van der Waals surface area contributed by atoms with E-state index in [1.165, 1.54) is 5.75 Å². The van der Waals surface area contributed by atoms with Gasteiger partial charge in [-0.05, 0) is 41.5 Å². The summed E-state index contributed by atoms with van der Waals surface area (Å²) in [5.41, 5.74) is 0.360. The van der Waals surface area contributed by atoms with Gasteiger partial charge in [-0.1, -0.05) is 24.3 Å². The summed E-state index contributed by atoms with van der Waals surface area (Å²) in [6, 6.07) is 11.3. The lowest BCUT2D eigenvalue weighted by molar-refractivity contribution is 0.0936. The molecule has 0 aliphatic carbocycles. The zero-order valence-electron chi connectivity index (χ0n) is 11.1. The Morgan fingerprint density at radius 1 is 1.25 bits per heavy atom. The smallest absolute Gasteiger partial charge is 0.255 e. The molecule has 1 atom stereocenters. The van der Waals surface area contributed by atoms with E-state index in [1.807, 2.05) is 36.0 Å². The SMILES string of the molecule is O=C(NC1CCCSC1)c1cc2ccccc2cc1O. The summed E-state index contributed by atoms with van der Waals surface area (Å²) in [6.45, 7) is 0. The molecule has 2 N–H and O–H groups in total. The first-order chi connectivity index (χ1) is 9.74. The molecule has 3 rings (SSSR count). The second-order valence-electron chi connectivity index (χ2n) is 5.10. The van der Waals surface area contributed by atoms with Gasteiger partial charge < -0.3 is 10.4 Å². The standard InChI is InChI=1S/C16H17NO2S/c18-15-9-12-5-2-1-4-11(12)8-14(15)16(19)17-13-6-3-7-20-10-13/h1-2,4-5,8-9,13,18H,3,6-7,10H2,(H,17,19). The van der Waals surface area contributed by atoms with E-state index in [0.29, 0.717) is 5.56 Å². The number of nitrogens with one attached hydrogen (secondary N) is 1. The lowest BCUT2D eigenvalue weighted by Gasteiger charge is -2.22. The molecule has 4 heteroatoms. The van der Waals surface area contributed by atoms with Gasteiger partial charge in [-0.2, -0.15) is 11.8 Å². The van der Waals surface area contributed by atoms with E-state index in [9.17, 15) is 9.90 Å². The second kappa shape index (κ2) is 5.75. The Morgan fingerprint density at radius 2 is 2.00 bits per heavy atom. The number of phenols is 1. The maximum absolute atomic E-state index is 12.3. The minimum Gasteiger partial charge on any atom is -0.507 e. The lowest BCUT2D eigenvalue weighted by atomic mass is 10.0. The topological polar surface area (TPSA) is 49.3 Å². The van der Waals surface area contributed by atoms with Gasteiger partial charge in [0, 0.05) is 11.8 Å². The van der Waals surface area contributed by atoms with Crippen LogP contribution in [0.25, 0.3) is 10.8 Å². The predicted octanol–water partition coefficient (Wildman–Crippen LogP) is 3.17. The average molecular weight is 287 g/mol. The summed E-state index contributed by atoms with van der Waals surface area (Å²) >= 11 is 1.87. The number of hydrogen-bond donors (Lipinski definition) is 2. The first-order valence-electron chi connectivity index (χ1n) is 6.84. The molecule has 0 radical (unpaired) electrons. The molecule has 2 aromatic rings. The van der Waals surface area contributed by atoms with E-state index >= 15 is 0 Å². The van der Waals surface area contributed by atoms with Crippen molar-refractivity contribution in [3.63, 3.8) is 0 Å². The van der Waals surface area contributed by atoms with Crippen molar-refractivity contribution in [3.8, 4) is 5.75 Å². The molecule has 20 heavy (non-hydrogen) atoms. The first kappa shape index (κ1) is 13.3. The van der Waals surface area contributed by atoms with Crippen molar-refractivity contribution < 1.29 is 9.90 Å². The number of amides is 1. The molecule has 0 saturated carbocycles. The molecule has 0 spiro atoms. The molecule has 0 bridgehead atoms. The Kier molecular flexibility index (Phi) is 3.83. The Labute approximate surface area is 122 Å². The van der Waals surface area contributed by atoms with Crippen LogP contribution in [-0.4, -0.2) is 28.6 Å². The van der Waals surface area contributed by atoms with Crippen LogP contribution in [0.4, 0.5) is 0 Å². The van der Waals surface area contributed by atoms with Crippen LogP contribution in [0.5, 0.6) is 5.75 Å². The molecule has 1 unspecified atom stereocenters. The summed E-state index contributed by atoms with van der Waals surface area (Å²) in [7, 11) is 0. The number of thioether (sulfide) groups is 1. The van der Waals surface area contributed by atoms with Crippen molar-refractivity contribution in [2.24, 2.45) is 0 Å². The fourth-order valence-electron chi connectivity index (χ4n) is 2.53. The minimum absolute atomic E-state index is 0.0460. The van der Waals surface area contributed by atoms with Gasteiger partial charge in [0.15, 0.2) is 0 Å². The van der Waals surface area contributed by atoms with Crippen LogP contribution >= 0.6 is 11.8 Å². The van der Waals surface area contributed by atoms with Crippen molar-refractivity contribution in [3.05, 3.63) is 42.0 Å². The molecule has 2 aromatic carbocycles. The monoisotopic (exact) mass is 287 g/mol. The number of carbonyl (C=O) groups is 1. The third kappa shape index (κ3) is 2.75. The zero-order chi connectivity index (χ0) is 13.9. The molecule has 1 aliphatic heterocycles. The fourth-order valence-corrected chi connectivity index (χ4v) is 3.60. The Hall–Kier alpha value is -1.68. The molecule has 1 amide bonds. The summed E-state index contributed by atoms with van der Waals surface area (Å²) in [5.74, 6) is 2.00. The van der Waals surface area contributed by atoms with Crippen molar-refractivity contribution >= 4 is 28.4 Å². The van der Waals surface area contributed by atoms with E-state index in [4.69, 9.17) is 0 Å². The summed E-state index contributed by atoms with van der Waals surface area (Å²) in [6.07, 6.45) is 2.16. The molecule has 1 saturated heterocycles. The number of fused-ring (bicyclic) bond motifs is 1. The van der Waals surface area contributed by atoms with Crippen molar-refractivity contribution in [1.82, 2.24) is 5.32 Å². The van der Waals surface area contributed by atoms with Gasteiger partial charge in [-0.25, -0.2) is 0 Å². The number of benzene rings is 2. The van der Waals surface area contributed by atoms with E-state index in [-0.39, 0.29) is 17.7 Å². The molecule has 0 aromatic heterocycles. The highest BCUT2D eigenvalue weighted by Gasteiger charge is 2.19. The summed E-state index contributed by atoms with van der Waals surface area (Å²) in [4.78, 5) is 12.3. The van der Waals surface area contributed by atoms with Crippen LogP contribution in [0.2, 0.25) is 0 Å². The Morgan fingerprint density at radius 3 is 2.70 bits per heavy atom. The number of hydrogen-bond acceptors (Lipinski definition) is 3. The highest BCUT2D eigenvalue weighted by Crippen LogP contribution is 2.25. The van der Waals surface area contributed by atoms with Gasteiger partial charge in [0.1, 0.15) is 5.75 Å². The van der Waals surface area contributed by atoms with Gasteiger partial charge >= 0.3 is 0 Å². The van der Waals surface area contributed by atoms with Crippen LogP contribution in [0, 0.1) is 0 Å². The van der Waals surface area contributed by atoms with Crippen LogP contribution < -0.4 is 5.32 Å². The highest BCUT2D eigenvalue weighted by atomic mass is 32.2. The van der Waals surface area contributed by atoms with E-state index < -0.39 is 0 Å². The average Bonchev–Trinajstić information content (AvgIpc) is 2.47. The van der Waals surface area contributed by atoms with Crippen LogP contribution in [-0.2, 0) is 0 Å². The van der Waals surface area contributed by atoms with Gasteiger partial charge in [-0.3, -0.25) is 4.79 Å². The Bertz CT molecular complexity index is 635. The lowest BCUT2D eigenvalue weighted by Crippen LogP contribution is -2.38. The third-order valence-electron chi connectivity index (χ3n) is 3.60. The molecule has 1 heterocycles. The zero-order valence-corrected chi connectivity index (χ0v) is 12.0. The summed E-state index contributed by atoms with van der Waals surface area (Å²) < 4.78 is 0. The first-order valence-corrected chi connectivity index (χ1v) is 8.00. The molecule has 3 nitrogen and oxygen atoms in total. The Balaban J connectivity index is 1.84. The highest BCUT2D eigenvalue weighted by molar-refractivity contribution is 7.99. The van der Waals surface area contributed by atoms with Crippen LogP contribution in [0.1, 0.15) is 23.2 Å². The maximum atomic E-state index is 12.3. The fraction of sp³-hybridized carbons (Fsp3) is 0.312. The van der Waals surface area contributed by atoms with Crippen LogP contribution in [0.15, 0.2) is 36.4 Å². The predicted molar refractivity (Wildman–Crippen MR) is 83.4 cm³/mol. The van der Waals surface area contributed by atoms with Gasteiger partial charge in [0.2, 0.25) is 0 Å². The number of rotatable bonds is 2. The van der Waals surface area contributed by atoms with Crippen molar-refractivity contribution in [2.75, 3.05) is 11.5 Å². The van der Waals surface area contributed by atoms with Gasteiger partial charge in [0.25, 0.3) is 5.91 Å². The van der Waals surface area contributed by atoms with Crippen molar-refractivity contribution in [2.45, 2.75) is 18.9 Å². The van der Waals surface area contributed by atoms with E-state index in [2.05, 4.69) is 5.32 Å². The second-order valence-corrected chi connectivity index (χ2v) is 6.25. The summed E-state index contributed by atoms with van der Waals surface area (Å²) in [5, 5.41) is 15.0. The molecular formula is C16H17NO2S. The quantitative estimate of drug-likeness (QED) is 0.892. The largest absolute Gasteiger partial charge is 0.507 e. The van der Waals surface area contributed by atoms with E-state index in [1.54, 1.807) is 12.1 Å². The third-order valence-corrected chi connectivity index (χ3v) is 4.82. The number of phenolic OH excluding ortho intramolecular Hbond substituents is 1. The number of carbonyl (C=O) groups excluding carboxylic acids is 1. The molecular weight excluding hydrogens is 270 g/mol. The van der Waals surface area contributed by atoms with Crippen LogP contribution in [0.3, 0.4) is 0 Å². The van der Waals surface area contributed by atoms with Gasteiger partial charge in [0.05, 0.1) is 5.56 Å². The normalized spacial score (nSPS) is 18.9. The maximum Gasteiger partial charge on any atom is 0.255 e. The van der Waals surface area contributed by atoms with E-state index in [0.717, 1.165) is 29.4 Å². The molecule has 104 valence electrons.